The van der Waals surface area contributed by atoms with Crippen LogP contribution in [0.4, 0.5) is 0 Å². The van der Waals surface area contributed by atoms with E-state index < -0.39 is 10.1 Å². The van der Waals surface area contributed by atoms with Crippen LogP contribution in [0.1, 0.15) is 19.3 Å². The van der Waals surface area contributed by atoms with Crippen LogP contribution >= 0.6 is 0 Å². The van der Waals surface area contributed by atoms with E-state index in [1.54, 1.807) is 0 Å². The fraction of sp³-hybridized carbons (Fsp3) is 1.00. The van der Waals surface area contributed by atoms with Gasteiger partial charge in [-0.25, -0.2) is 5.32 Å². The minimum absolute atomic E-state index is 0.323. The molecule has 0 amide bonds. The highest BCUT2D eigenvalue weighted by molar-refractivity contribution is 7.85. The Hall–Kier alpha value is -0.130. The molecule has 0 N–H and O–H groups in total. The van der Waals surface area contributed by atoms with Gasteiger partial charge in [0.1, 0.15) is 0 Å². The van der Waals surface area contributed by atoms with Gasteiger partial charge in [0.25, 0.3) is 10.1 Å². The van der Waals surface area contributed by atoms with Crippen molar-refractivity contribution in [3.8, 4) is 0 Å². The van der Waals surface area contributed by atoms with Crippen LogP contribution < -0.4 is 5.32 Å². The predicted octanol–water partition coefficient (Wildman–Crippen LogP) is 0.367. The van der Waals surface area contributed by atoms with Crippen molar-refractivity contribution >= 4 is 10.1 Å². The van der Waals surface area contributed by atoms with Crippen molar-refractivity contribution in [1.82, 2.24) is 5.32 Å². The Kier molecular flexibility index (Phi) is 4.15. The lowest BCUT2D eigenvalue weighted by Gasteiger charge is -2.20. The molecule has 77 valence electrons. The molecule has 0 unspecified atom stereocenters. The van der Waals surface area contributed by atoms with Gasteiger partial charge in [-0.05, 0) is 25.2 Å². The summed E-state index contributed by atoms with van der Waals surface area (Å²) in [6.45, 7) is 2.16. The van der Waals surface area contributed by atoms with Gasteiger partial charge in [0.15, 0.2) is 0 Å². The molecule has 1 rings (SSSR count). The largest absolute Gasteiger partial charge is 0.270 e. The monoisotopic (exact) mass is 206 g/mol. The van der Waals surface area contributed by atoms with Crippen LogP contribution in [0, 0.1) is 5.92 Å². The van der Waals surface area contributed by atoms with Crippen LogP contribution in [-0.2, 0) is 14.3 Å². The summed E-state index contributed by atoms with van der Waals surface area (Å²) in [6.07, 6.45) is 4.08. The van der Waals surface area contributed by atoms with Crippen LogP contribution in [-0.4, -0.2) is 34.4 Å². The number of hydrogen-bond donors (Lipinski definition) is 0. The standard InChI is InChI=1S/C8H16NO3S/c1-13(10,11)12-7-4-8-2-5-9-6-3-8/h8H,2-7H2,1H3. The fourth-order valence-electron chi connectivity index (χ4n) is 1.46. The first-order chi connectivity index (χ1) is 6.08. The molecule has 0 aromatic carbocycles. The Morgan fingerprint density at radius 1 is 1.38 bits per heavy atom. The minimum Gasteiger partial charge on any atom is -0.270 e. The van der Waals surface area contributed by atoms with Crippen LogP contribution in [0.25, 0.3) is 0 Å². The highest BCUT2D eigenvalue weighted by Crippen LogP contribution is 2.16. The summed E-state index contributed by atoms with van der Waals surface area (Å²) in [4.78, 5) is 0. The second-order valence-electron chi connectivity index (χ2n) is 3.43. The number of nitrogens with zero attached hydrogens (tertiary/aromatic N) is 1. The zero-order valence-electron chi connectivity index (χ0n) is 7.90. The lowest BCUT2D eigenvalue weighted by Crippen LogP contribution is -2.23. The Morgan fingerprint density at radius 3 is 2.54 bits per heavy atom. The fourth-order valence-corrected chi connectivity index (χ4v) is 1.86. The number of hydrogen-bond acceptors (Lipinski definition) is 3. The molecular formula is C8H16NO3S. The summed E-state index contributed by atoms with van der Waals surface area (Å²) >= 11 is 0. The molecule has 0 bridgehead atoms. The first kappa shape index (κ1) is 10.9. The Morgan fingerprint density at radius 2 is 2.00 bits per heavy atom. The molecule has 1 aliphatic rings. The smallest absolute Gasteiger partial charge is 0.264 e. The molecule has 1 aliphatic heterocycles. The van der Waals surface area contributed by atoms with Crippen molar-refractivity contribution in [1.29, 1.82) is 0 Å². The third kappa shape index (κ3) is 5.23. The molecular weight excluding hydrogens is 190 g/mol. The third-order valence-electron chi connectivity index (χ3n) is 2.21. The van der Waals surface area contributed by atoms with E-state index in [0.717, 1.165) is 38.6 Å². The zero-order chi connectivity index (χ0) is 9.73. The summed E-state index contributed by atoms with van der Waals surface area (Å²) in [7, 11) is -3.25. The molecule has 4 nitrogen and oxygen atoms in total. The van der Waals surface area contributed by atoms with E-state index in [2.05, 4.69) is 9.50 Å². The molecule has 13 heavy (non-hydrogen) atoms. The lowest BCUT2D eigenvalue weighted by atomic mass is 9.95. The molecule has 0 aromatic rings. The van der Waals surface area contributed by atoms with Gasteiger partial charge in [0.05, 0.1) is 12.9 Å². The quantitative estimate of drug-likeness (QED) is 0.624. The molecule has 0 aliphatic carbocycles. The van der Waals surface area contributed by atoms with Gasteiger partial charge < -0.3 is 0 Å². The van der Waals surface area contributed by atoms with E-state index in [1.165, 1.54) is 0 Å². The molecule has 1 radical (unpaired) electrons. The van der Waals surface area contributed by atoms with Gasteiger partial charge in [0.2, 0.25) is 0 Å². The molecule has 0 saturated carbocycles. The topological polar surface area (TPSA) is 57.5 Å². The van der Waals surface area contributed by atoms with E-state index >= 15 is 0 Å². The second kappa shape index (κ2) is 4.93. The predicted molar refractivity (Wildman–Crippen MR) is 50.0 cm³/mol. The molecule has 1 saturated heterocycles. The first-order valence-electron chi connectivity index (χ1n) is 4.55. The maximum Gasteiger partial charge on any atom is 0.264 e. The second-order valence-corrected chi connectivity index (χ2v) is 5.07. The van der Waals surface area contributed by atoms with E-state index in [-0.39, 0.29) is 0 Å². The molecule has 0 atom stereocenters. The number of piperidine rings is 1. The van der Waals surface area contributed by atoms with Crippen molar-refractivity contribution in [3.05, 3.63) is 0 Å². The van der Waals surface area contributed by atoms with Crippen molar-refractivity contribution < 1.29 is 12.6 Å². The zero-order valence-corrected chi connectivity index (χ0v) is 8.72. The van der Waals surface area contributed by atoms with Crippen LogP contribution in [0.2, 0.25) is 0 Å². The van der Waals surface area contributed by atoms with Crippen LogP contribution in [0.3, 0.4) is 0 Å². The van der Waals surface area contributed by atoms with Gasteiger partial charge in [-0.3, -0.25) is 4.18 Å². The Bertz CT molecular complexity index is 232. The molecule has 0 spiro atoms. The summed E-state index contributed by atoms with van der Waals surface area (Å²) in [6, 6.07) is 0. The Balaban J connectivity index is 2.11. The van der Waals surface area contributed by atoms with Gasteiger partial charge in [0, 0.05) is 13.1 Å². The van der Waals surface area contributed by atoms with Gasteiger partial charge in [-0.15, -0.1) is 0 Å². The van der Waals surface area contributed by atoms with Crippen molar-refractivity contribution in [2.45, 2.75) is 19.3 Å². The maximum atomic E-state index is 10.6. The van der Waals surface area contributed by atoms with Crippen LogP contribution in [0.15, 0.2) is 0 Å². The summed E-state index contributed by atoms with van der Waals surface area (Å²) in [5, 5.41) is 4.23. The van der Waals surface area contributed by atoms with E-state index in [0.29, 0.717) is 12.5 Å². The molecule has 1 heterocycles. The maximum absolute atomic E-state index is 10.6. The summed E-state index contributed by atoms with van der Waals surface area (Å²) < 4.78 is 25.9. The van der Waals surface area contributed by atoms with Crippen molar-refractivity contribution in [3.63, 3.8) is 0 Å². The van der Waals surface area contributed by atoms with Gasteiger partial charge in [-0.2, -0.15) is 8.42 Å². The highest BCUT2D eigenvalue weighted by Gasteiger charge is 2.14. The Labute approximate surface area is 79.8 Å². The average molecular weight is 206 g/mol. The summed E-state index contributed by atoms with van der Waals surface area (Å²) in [5.41, 5.74) is 0. The van der Waals surface area contributed by atoms with Gasteiger partial charge in [-0.1, -0.05) is 0 Å². The number of rotatable bonds is 4. The van der Waals surface area contributed by atoms with E-state index in [4.69, 9.17) is 0 Å². The highest BCUT2D eigenvalue weighted by atomic mass is 32.2. The molecule has 0 aromatic heterocycles. The lowest BCUT2D eigenvalue weighted by molar-refractivity contribution is 0.256. The SMILES string of the molecule is CS(=O)(=O)OCCC1CC[N]CC1. The molecule has 1 fully saturated rings. The minimum atomic E-state index is -3.25. The van der Waals surface area contributed by atoms with E-state index in [9.17, 15) is 8.42 Å². The van der Waals surface area contributed by atoms with E-state index in [1.807, 2.05) is 0 Å². The molecule has 5 heteroatoms. The van der Waals surface area contributed by atoms with Gasteiger partial charge >= 0.3 is 0 Å². The normalized spacial score (nSPS) is 20.4. The van der Waals surface area contributed by atoms with Crippen molar-refractivity contribution in [2.24, 2.45) is 5.92 Å². The third-order valence-corrected chi connectivity index (χ3v) is 2.81. The summed E-state index contributed by atoms with van der Waals surface area (Å²) in [5.74, 6) is 0.597. The average Bonchev–Trinajstić information content (AvgIpc) is 2.04. The van der Waals surface area contributed by atoms with Crippen LogP contribution in [0.5, 0.6) is 0 Å². The first-order valence-corrected chi connectivity index (χ1v) is 6.37. The van der Waals surface area contributed by atoms with Crippen molar-refractivity contribution in [2.75, 3.05) is 26.0 Å².